The summed E-state index contributed by atoms with van der Waals surface area (Å²) in [5.74, 6) is 0.896. The number of allylic oxidation sites excluding steroid dienone is 1. The molecule has 2 N–H and O–H groups in total. The molecule has 4 heteroatoms. The van der Waals surface area contributed by atoms with E-state index in [2.05, 4.69) is 16.7 Å². The number of benzene rings is 1. The molecule has 1 heterocycles. The Kier molecular flexibility index (Phi) is 5.92. The summed E-state index contributed by atoms with van der Waals surface area (Å²) in [6, 6.07) is 9.71. The van der Waals surface area contributed by atoms with Crippen LogP contribution in [0.1, 0.15) is 57.8 Å². The molecule has 0 spiro atoms. The number of amides is 1. The second-order valence-corrected chi connectivity index (χ2v) is 6.95. The average Bonchev–Trinajstić information content (AvgIpc) is 3.07. The van der Waals surface area contributed by atoms with E-state index in [1.165, 1.54) is 31.3 Å². The van der Waals surface area contributed by atoms with Crippen LogP contribution in [0.2, 0.25) is 0 Å². The van der Waals surface area contributed by atoms with E-state index in [1.54, 1.807) is 0 Å². The maximum absolute atomic E-state index is 12.3. The van der Waals surface area contributed by atoms with Gasteiger partial charge in [0.05, 0.1) is 12.1 Å². The highest BCUT2D eigenvalue weighted by Crippen LogP contribution is 2.24. The summed E-state index contributed by atoms with van der Waals surface area (Å²) in [5, 5.41) is 7.45. The molecule has 0 radical (unpaired) electrons. The molecule has 0 fully saturated rings. The topological polar surface area (TPSA) is 54.3 Å². The minimum Gasteiger partial charge on any atom is -0.459 e. The van der Waals surface area contributed by atoms with Crippen LogP contribution in [0.25, 0.3) is 11.0 Å². The number of fused-ring (bicyclic) bond motifs is 1. The lowest BCUT2D eigenvalue weighted by molar-refractivity contribution is -0.122. The summed E-state index contributed by atoms with van der Waals surface area (Å²) in [5.41, 5.74) is 2.37. The van der Waals surface area contributed by atoms with Gasteiger partial charge in [0.25, 0.3) is 0 Å². The zero-order valence-corrected chi connectivity index (χ0v) is 15.2. The van der Waals surface area contributed by atoms with Gasteiger partial charge in [0.2, 0.25) is 5.91 Å². The van der Waals surface area contributed by atoms with Gasteiger partial charge < -0.3 is 9.73 Å². The van der Waals surface area contributed by atoms with Crippen LogP contribution >= 0.6 is 0 Å². The van der Waals surface area contributed by atoms with Crippen LogP contribution in [-0.2, 0) is 4.79 Å². The third kappa shape index (κ3) is 4.73. The number of carbonyl (C=O) groups excluding carboxylic acids is 1. The lowest BCUT2D eigenvalue weighted by atomic mass is 9.97. The zero-order valence-electron chi connectivity index (χ0n) is 15.2. The minimum absolute atomic E-state index is 0.0193. The van der Waals surface area contributed by atoms with Gasteiger partial charge in [0.1, 0.15) is 11.3 Å². The standard InChI is InChI=1S/C21H28N2O2/c1-15(20-14-18-10-6-7-11-19(18)25-20)23-16(2)21(24)22-13-12-17-8-4-3-5-9-17/h6-8,10-11,14-16,23H,3-5,9,12-13H2,1-2H3,(H,22,24). The molecule has 0 aliphatic heterocycles. The third-order valence-electron chi connectivity index (χ3n) is 4.90. The minimum atomic E-state index is -0.261. The van der Waals surface area contributed by atoms with Gasteiger partial charge in [0, 0.05) is 11.9 Å². The summed E-state index contributed by atoms with van der Waals surface area (Å²) < 4.78 is 5.87. The summed E-state index contributed by atoms with van der Waals surface area (Å²) >= 11 is 0. The Bertz CT molecular complexity index is 714. The first-order chi connectivity index (χ1) is 12.1. The largest absolute Gasteiger partial charge is 0.459 e. The van der Waals surface area contributed by atoms with Crippen molar-refractivity contribution in [2.24, 2.45) is 0 Å². The summed E-state index contributed by atoms with van der Waals surface area (Å²) in [7, 11) is 0. The van der Waals surface area contributed by atoms with E-state index in [0.29, 0.717) is 0 Å². The molecule has 2 atom stereocenters. The van der Waals surface area contributed by atoms with Crippen molar-refractivity contribution >= 4 is 16.9 Å². The first kappa shape index (κ1) is 17.7. The molecule has 0 saturated carbocycles. The van der Waals surface area contributed by atoms with Crippen LogP contribution in [0.3, 0.4) is 0 Å². The number of para-hydroxylation sites is 1. The van der Waals surface area contributed by atoms with Crippen molar-refractivity contribution in [3.8, 4) is 0 Å². The first-order valence-electron chi connectivity index (χ1n) is 9.33. The highest BCUT2D eigenvalue weighted by atomic mass is 16.3. The number of hydrogen-bond acceptors (Lipinski definition) is 3. The average molecular weight is 340 g/mol. The fourth-order valence-electron chi connectivity index (χ4n) is 3.38. The number of carbonyl (C=O) groups is 1. The van der Waals surface area contributed by atoms with Gasteiger partial charge in [0.15, 0.2) is 0 Å². The van der Waals surface area contributed by atoms with E-state index in [0.717, 1.165) is 29.7 Å². The molecular weight excluding hydrogens is 312 g/mol. The maximum Gasteiger partial charge on any atom is 0.236 e. The Morgan fingerprint density at radius 3 is 2.84 bits per heavy atom. The number of nitrogens with one attached hydrogen (secondary N) is 2. The molecule has 0 saturated heterocycles. The van der Waals surface area contributed by atoms with Gasteiger partial charge in [-0.05, 0) is 58.1 Å². The molecule has 0 bridgehead atoms. The molecule has 1 aliphatic carbocycles. The van der Waals surface area contributed by atoms with Crippen molar-refractivity contribution in [2.45, 2.75) is 58.0 Å². The molecule has 1 aromatic heterocycles. The predicted molar refractivity (Wildman–Crippen MR) is 101 cm³/mol. The molecule has 2 unspecified atom stereocenters. The highest BCUT2D eigenvalue weighted by Gasteiger charge is 2.18. The number of rotatable bonds is 7. The Labute approximate surface area is 149 Å². The maximum atomic E-state index is 12.3. The third-order valence-corrected chi connectivity index (χ3v) is 4.90. The first-order valence-corrected chi connectivity index (χ1v) is 9.33. The molecule has 1 aromatic carbocycles. The second-order valence-electron chi connectivity index (χ2n) is 6.95. The number of furan rings is 1. The lowest BCUT2D eigenvalue weighted by Gasteiger charge is -2.19. The highest BCUT2D eigenvalue weighted by molar-refractivity contribution is 5.81. The van der Waals surface area contributed by atoms with Crippen LogP contribution in [0.4, 0.5) is 0 Å². The van der Waals surface area contributed by atoms with E-state index in [4.69, 9.17) is 4.42 Å². The van der Waals surface area contributed by atoms with Crippen LogP contribution in [-0.4, -0.2) is 18.5 Å². The quantitative estimate of drug-likeness (QED) is 0.731. The van der Waals surface area contributed by atoms with Crippen LogP contribution in [0.15, 0.2) is 46.4 Å². The van der Waals surface area contributed by atoms with Gasteiger partial charge in [-0.1, -0.05) is 29.8 Å². The summed E-state index contributed by atoms with van der Waals surface area (Å²) in [6.07, 6.45) is 8.27. The van der Waals surface area contributed by atoms with Gasteiger partial charge in [-0.2, -0.15) is 0 Å². The SMILES string of the molecule is CC(NC(C)c1cc2ccccc2o1)C(=O)NCCC1=CCCCC1. The predicted octanol–water partition coefficient (Wildman–Crippen LogP) is 4.48. The molecule has 134 valence electrons. The molecule has 4 nitrogen and oxygen atoms in total. The normalized spacial score (nSPS) is 17.1. The van der Waals surface area contributed by atoms with Crippen molar-refractivity contribution in [2.75, 3.05) is 6.54 Å². The zero-order chi connectivity index (χ0) is 17.6. The van der Waals surface area contributed by atoms with E-state index in [9.17, 15) is 4.79 Å². The van der Waals surface area contributed by atoms with E-state index < -0.39 is 0 Å². The molecule has 1 aliphatic rings. The van der Waals surface area contributed by atoms with Crippen LogP contribution < -0.4 is 10.6 Å². The lowest BCUT2D eigenvalue weighted by Crippen LogP contribution is -2.43. The monoisotopic (exact) mass is 340 g/mol. The summed E-state index contributed by atoms with van der Waals surface area (Å²) in [6.45, 7) is 4.64. The van der Waals surface area contributed by atoms with E-state index in [1.807, 2.05) is 44.2 Å². The van der Waals surface area contributed by atoms with Crippen molar-refractivity contribution in [1.29, 1.82) is 0 Å². The molecule has 3 rings (SSSR count). The van der Waals surface area contributed by atoms with Gasteiger partial charge in [-0.3, -0.25) is 10.1 Å². The Morgan fingerprint density at radius 2 is 2.08 bits per heavy atom. The van der Waals surface area contributed by atoms with Crippen LogP contribution in [0, 0.1) is 0 Å². The molecule has 1 amide bonds. The van der Waals surface area contributed by atoms with Gasteiger partial charge in [-0.25, -0.2) is 0 Å². The van der Waals surface area contributed by atoms with Gasteiger partial charge in [-0.15, -0.1) is 0 Å². The van der Waals surface area contributed by atoms with Crippen LogP contribution in [0.5, 0.6) is 0 Å². The number of hydrogen-bond donors (Lipinski definition) is 2. The van der Waals surface area contributed by atoms with Gasteiger partial charge >= 0.3 is 0 Å². The van der Waals surface area contributed by atoms with Crippen molar-refractivity contribution in [1.82, 2.24) is 10.6 Å². The van der Waals surface area contributed by atoms with E-state index in [-0.39, 0.29) is 18.0 Å². The fourth-order valence-corrected chi connectivity index (χ4v) is 3.38. The van der Waals surface area contributed by atoms with Crippen molar-refractivity contribution in [3.63, 3.8) is 0 Å². The Balaban J connectivity index is 1.47. The summed E-state index contributed by atoms with van der Waals surface area (Å²) in [4.78, 5) is 12.3. The van der Waals surface area contributed by atoms with E-state index >= 15 is 0 Å². The molecule has 2 aromatic rings. The fraction of sp³-hybridized carbons (Fsp3) is 0.476. The smallest absolute Gasteiger partial charge is 0.236 e. The Morgan fingerprint density at radius 1 is 1.24 bits per heavy atom. The molecular formula is C21H28N2O2. The molecule has 25 heavy (non-hydrogen) atoms. The Hall–Kier alpha value is -2.07. The second kappa shape index (κ2) is 8.34. The van der Waals surface area contributed by atoms with Crippen molar-refractivity contribution in [3.05, 3.63) is 47.7 Å². The van der Waals surface area contributed by atoms with Crippen molar-refractivity contribution < 1.29 is 9.21 Å².